The third-order valence-electron chi connectivity index (χ3n) is 6.23. The quantitative estimate of drug-likeness (QED) is 0.216. The van der Waals surface area contributed by atoms with E-state index < -0.39 is 80.3 Å². The standard InChI is InChI=1S/C26H29F3N3O9P/c1-13(2)38-25(35)14(3)31-42(37,40-19-10-6-8-15-7-4-5-9-16(15)19)41-22(23(28)29)21-18(33)11-20(39-21)32-12-17(27)24(34)30-26(32)36/h4-10,12-14,18,20-23,33H,11H2,1-3H3,(H,31,37)(H,30,34,36)/t14-,18?,20+,21-,22-,42+/m0/s1. The van der Waals surface area contributed by atoms with Crippen molar-refractivity contribution in [3.8, 4) is 5.75 Å². The second kappa shape index (κ2) is 12.8. The number of fused-ring (bicyclic) bond motifs is 1. The number of H-pyrrole nitrogens is 1. The van der Waals surface area contributed by atoms with E-state index in [1.165, 1.54) is 13.0 Å². The molecule has 3 aromatic rings. The van der Waals surface area contributed by atoms with Gasteiger partial charge in [0.05, 0.1) is 18.4 Å². The second-order valence-electron chi connectivity index (χ2n) is 9.81. The van der Waals surface area contributed by atoms with Crippen molar-refractivity contribution in [2.24, 2.45) is 0 Å². The third-order valence-corrected chi connectivity index (χ3v) is 7.89. The summed E-state index contributed by atoms with van der Waals surface area (Å²) in [6.45, 7) is 4.42. The third kappa shape index (κ3) is 7.10. The number of esters is 1. The van der Waals surface area contributed by atoms with E-state index in [4.69, 9.17) is 18.5 Å². The molecule has 12 nitrogen and oxygen atoms in total. The highest BCUT2D eigenvalue weighted by Crippen LogP contribution is 2.50. The van der Waals surface area contributed by atoms with E-state index in [2.05, 4.69) is 5.09 Å². The number of aliphatic hydroxyl groups excluding tert-OH is 1. The number of benzene rings is 2. The summed E-state index contributed by atoms with van der Waals surface area (Å²) < 4.78 is 79.0. The lowest BCUT2D eigenvalue weighted by atomic mass is 10.1. The Morgan fingerprint density at radius 3 is 2.55 bits per heavy atom. The van der Waals surface area contributed by atoms with Gasteiger partial charge in [-0.25, -0.2) is 18.1 Å². The highest BCUT2D eigenvalue weighted by molar-refractivity contribution is 7.52. The van der Waals surface area contributed by atoms with Crippen molar-refractivity contribution in [3.63, 3.8) is 0 Å². The number of nitrogens with one attached hydrogen (secondary N) is 2. The summed E-state index contributed by atoms with van der Waals surface area (Å²) in [5.41, 5.74) is -2.42. The van der Waals surface area contributed by atoms with E-state index in [0.717, 1.165) is 0 Å². The van der Waals surface area contributed by atoms with Crippen molar-refractivity contribution >= 4 is 24.5 Å². The van der Waals surface area contributed by atoms with E-state index in [1.54, 1.807) is 55.2 Å². The van der Waals surface area contributed by atoms with E-state index in [-0.39, 0.29) is 5.75 Å². The number of hydrogen-bond donors (Lipinski definition) is 3. The molecule has 1 unspecified atom stereocenters. The van der Waals surface area contributed by atoms with Crippen LogP contribution >= 0.6 is 7.75 Å². The zero-order valence-electron chi connectivity index (χ0n) is 22.6. The van der Waals surface area contributed by atoms with Crippen molar-refractivity contribution in [2.45, 2.75) is 70.3 Å². The zero-order chi connectivity index (χ0) is 30.8. The van der Waals surface area contributed by atoms with Crippen molar-refractivity contribution in [3.05, 3.63) is 75.3 Å². The molecule has 1 aromatic heterocycles. The Kier molecular flexibility index (Phi) is 9.58. The summed E-state index contributed by atoms with van der Waals surface area (Å²) in [4.78, 5) is 37.8. The van der Waals surface area contributed by atoms with Crippen LogP contribution in [0.3, 0.4) is 0 Å². The van der Waals surface area contributed by atoms with E-state index >= 15 is 0 Å². The normalized spacial score (nSPS) is 21.8. The largest absolute Gasteiger partial charge is 0.462 e. The highest BCUT2D eigenvalue weighted by atomic mass is 31.2. The molecule has 16 heteroatoms. The number of carbonyl (C=O) groups is 1. The molecule has 0 radical (unpaired) electrons. The highest BCUT2D eigenvalue weighted by Gasteiger charge is 2.49. The number of carbonyl (C=O) groups excluding carboxylic acids is 1. The van der Waals surface area contributed by atoms with Crippen LogP contribution in [0.1, 0.15) is 33.4 Å². The Hall–Kier alpha value is -3.49. The van der Waals surface area contributed by atoms with Crippen molar-refractivity contribution in [2.75, 3.05) is 0 Å². The first-order valence-corrected chi connectivity index (χ1v) is 14.4. The number of alkyl halides is 2. The lowest BCUT2D eigenvalue weighted by Gasteiger charge is -2.30. The van der Waals surface area contributed by atoms with Crippen LogP contribution in [0.4, 0.5) is 13.2 Å². The maximum absolute atomic E-state index is 14.5. The maximum Gasteiger partial charge on any atom is 0.460 e. The molecule has 0 bridgehead atoms. The molecule has 1 aliphatic rings. The topological polar surface area (TPSA) is 158 Å². The SMILES string of the molecule is CC(C)OC(=O)[C@H](C)N[P@@](=O)(Oc1cccc2ccccc12)O[C@H](C(F)F)[C@H]1O[C@@H](n2cc(F)c(=O)[nH]c2=O)CC1O. The Morgan fingerprint density at radius 2 is 1.86 bits per heavy atom. The molecule has 6 atom stereocenters. The van der Waals surface area contributed by atoms with E-state index in [9.17, 15) is 37.2 Å². The summed E-state index contributed by atoms with van der Waals surface area (Å²) in [6.07, 6.45) is -11.5. The molecule has 1 saturated heterocycles. The van der Waals surface area contributed by atoms with Crippen LogP contribution in [0, 0.1) is 5.82 Å². The fourth-order valence-electron chi connectivity index (χ4n) is 4.34. The summed E-state index contributed by atoms with van der Waals surface area (Å²) in [7, 11) is -4.90. The Bertz CT molecular complexity index is 1590. The van der Waals surface area contributed by atoms with Gasteiger partial charge in [0, 0.05) is 11.8 Å². The predicted octanol–water partition coefficient (Wildman–Crippen LogP) is 3.24. The van der Waals surface area contributed by atoms with Crippen molar-refractivity contribution < 1.29 is 46.2 Å². The van der Waals surface area contributed by atoms with Gasteiger partial charge in [0.1, 0.15) is 24.1 Å². The predicted molar refractivity (Wildman–Crippen MR) is 143 cm³/mol. The smallest absolute Gasteiger partial charge is 0.460 e. The minimum absolute atomic E-state index is 0.0255. The summed E-state index contributed by atoms with van der Waals surface area (Å²) in [5.74, 6) is -2.25. The fraction of sp³-hybridized carbons (Fsp3) is 0.423. The van der Waals surface area contributed by atoms with Gasteiger partial charge in [-0.1, -0.05) is 36.4 Å². The van der Waals surface area contributed by atoms with Crippen LogP contribution in [-0.4, -0.2) is 57.5 Å². The fourth-order valence-corrected chi connectivity index (χ4v) is 6.02. The molecule has 1 aliphatic heterocycles. The summed E-state index contributed by atoms with van der Waals surface area (Å²) >= 11 is 0. The lowest BCUT2D eigenvalue weighted by Crippen LogP contribution is -2.44. The zero-order valence-corrected chi connectivity index (χ0v) is 23.5. The number of aromatic amines is 1. The maximum atomic E-state index is 14.5. The number of halogens is 3. The first kappa shape index (κ1) is 31.4. The number of rotatable bonds is 11. The number of aromatic nitrogens is 2. The van der Waals surface area contributed by atoms with Gasteiger partial charge in [0.2, 0.25) is 5.82 Å². The van der Waals surface area contributed by atoms with Crippen LogP contribution in [0.25, 0.3) is 10.8 Å². The Morgan fingerprint density at radius 1 is 1.17 bits per heavy atom. The first-order valence-electron chi connectivity index (χ1n) is 12.8. The Labute approximate surface area is 236 Å². The molecule has 42 heavy (non-hydrogen) atoms. The molecule has 0 amide bonds. The molecule has 0 spiro atoms. The summed E-state index contributed by atoms with van der Waals surface area (Å²) in [6, 6.07) is 10.1. The molecule has 1 fully saturated rings. The van der Waals surface area contributed by atoms with Crippen LogP contribution in [0.15, 0.2) is 58.3 Å². The molecule has 0 saturated carbocycles. The molecule has 2 heterocycles. The first-order chi connectivity index (χ1) is 19.8. The van der Waals surface area contributed by atoms with Crippen molar-refractivity contribution in [1.29, 1.82) is 0 Å². The van der Waals surface area contributed by atoms with Gasteiger partial charge < -0.3 is 19.1 Å². The monoisotopic (exact) mass is 615 g/mol. The molecule has 4 rings (SSSR count). The Balaban J connectivity index is 1.67. The second-order valence-corrected chi connectivity index (χ2v) is 11.5. The van der Waals surface area contributed by atoms with Gasteiger partial charge in [-0.2, -0.15) is 9.48 Å². The number of aliphatic hydroxyl groups is 1. The van der Waals surface area contributed by atoms with Crippen molar-refractivity contribution in [1.82, 2.24) is 14.6 Å². The summed E-state index contributed by atoms with van der Waals surface area (Å²) in [5, 5.41) is 14.0. The molecule has 0 aliphatic carbocycles. The van der Waals surface area contributed by atoms with Gasteiger partial charge in [-0.05, 0) is 32.2 Å². The van der Waals surface area contributed by atoms with Gasteiger partial charge in [-0.15, -0.1) is 0 Å². The molecular formula is C26H29F3N3O9P. The van der Waals surface area contributed by atoms with Gasteiger partial charge in [-0.3, -0.25) is 23.7 Å². The molecule has 3 N–H and O–H groups in total. The van der Waals surface area contributed by atoms with E-state index in [0.29, 0.717) is 21.5 Å². The lowest BCUT2D eigenvalue weighted by molar-refractivity contribution is -0.149. The average molecular weight is 615 g/mol. The number of hydrogen-bond acceptors (Lipinski definition) is 9. The van der Waals surface area contributed by atoms with Crippen LogP contribution in [0.5, 0.6) is 5.75 Å². The average Bonchev–Trinajstić information content (AvgIpc) is 3.29. The molecule has 228 valence electrons. The minimum atomic E-state index is -4.90. The number of nitrogens with zero attached hydrogens (tertiary/aromatic N) is 1. The molecule has 2 aromatic carbocycles. The van der Waals surface area contributed by atoms with Gasteiger partial charge in [0.25, 0.3) is 12.0 Å². The minimum Gasteiger partial charge on any atom is -0.462 e. The van der Waals surface area contributed by atoms with E-state index in [1.807, 2.05) is 0 Å². The van der Waals surface area contributed by atoms with Crippen LogP contribution in [-0.2, 0) is 23.4 Å². The molecular weight excluding hydrogens is 586 g/mol. The van der Waals surface area contributed by atoms with Gasteiger partial charge in [0.15, 0.2) is 6.10 Å². The van der Waals surface area contributed by atoms with Crippen LogP contribution in [0.2, 0.25) is 0 Å². The number of ether oxygens (including phenoxy) is 2. The van der Waals surface area contributed by atoms with Gasteiger partial charge >= 0.3 is 19.4 Å². The van der Waals surface area contributed by atoms with Crippen LogP contribution < -0.4 is 20.9 Å².